The van der Waals surface area contributed by atoms with Crippen LogP contribution < -0.4 is 19.6 Å². The monoisotopic (exact) mass is 470 g/mol. The smallest absolute Gasteiger partial charge is 0.235 e. The van der Waals surface area contributed by atoms with Gasteiger partial charge in [-0.3, -0.25) is 4.79 Å². The van der Waals surface area contributed by atoms with Crippen LogP contribution in [0.2, 0.25) is 10.0 Å². The van der Waals surface area contributed by atoms with Crippen molar-refractivity contribution in [3.05, 3.63) is 86.5 Å². The van der Waals surface area contributed by atoms with Crippen molar-refractivity contribution in [3.63, 3.8) is 0 Å². The summed E-state index contributed by atoms with van der Waals surface area (Å²) >= 11 is 12.6. The van der Waals surface area contributed by atoms with Gasteiger partial charge in [-0.05, 0) is 61.0 Å². The maximum Gasteiger partial charge on any atom is 0.235 e. The highest BCUT2D eigenvalue weighted by Crippen LogP contribution is 2.36. The first-order valence-electron chi connectivity index (χ1n) is 9.89. The number of rotatable bonds is 7. The molecule has 5 nitrogen and oxygen atoms in total. The molecule has 3 aromatic carbocycles. The summed E-state index contributed by atoms with van der Waals surface area (Å²) in [5, 5.41) is 1.26. The van der Waals surface area contributed by atoms with E-state index >= 15 is 0 Å². The van der Waals surface area contributed by atoms with Gasteiger partial charge in [0.1, 0.15) is 30.3 Å². The molecule has 0 unspecified atom stereocenters. The van der Waals surface area contributed by atoms with Crippen LogP contribution in [-0.4, -0.2) is 20.3 Å². The van der Waals surface area contributed by atoms with Crippen molar-refractivity contribution in [1.82, 2.24) is 0 Å². The standard InChI is InChI=1S/C25H20Cl2O5/c1-15-13-22-19(14-21(15)27)23(28)25(24(32-22)18-5-3-4-6-20(18)26)31-12-11-30-17-9-7-16(29-2)8-10-17/h3-10,13-14H,11-12H2,1-2H3. The largest absolute Gasteiger partial charge is 0.497 e. The Morgan fingerprint density at radius 3 is 2.28 bits per heavy atom. The van der Waals surface area contributed by atoms with Gasteiger partial charge in [-0.2, -0.15) is 0 Å². The first-order valence-corrected chi connectivity index (χ1v) is 10.6. The lowest BCUT2D eigenvalue weighted by atomic mass is 10.1. The minimum absolute atomic E-state index is 0.0591. The molecule has 0 saturated heterocycles. The van der Waals surface area contributed by atoms with Crippen LogP contribution in [0, 0.1) is 6.92 Å². The van der Waals surface area contributed by atoms with E-state index < -0.39 is 0 Å². The molecule has 0 fully saturated rings. The van der Waals surface area contributed by atoms with E-state index in [0.29, 0.717) is 32.3 Å². The van der Waals surface area contributed by atoms with Crippen LogP contribution >= 0.6 is 23.2 Å². The van der Waals surface area contributed by atoms with Gasteiger partial charge in [0.05, 0.1) is 17.5 Å². The number of ether oxygens (including phenoxy) is 3. The summed E-state index contributed by atoms with van der Waals surface area (Å²) in [6.45, 7) is 2.19. The van der Waals surface area contributed by atoms with Gasteiger partial charge >= 0.3 is 0 Å². The van der Waals surface area contributed by atoms with E-state index in [0.717, 1.165) is 11.3 Å². The van der Waals surface area contributed by atoms with Crippen LogP contribution in [0.25, 0.3) is 22.3 Å². The molecule has 0 aliphatic heterocycles. The second-order valence-electron chi connectivity index (χ2n) is 7.04. The SMILES string of the molecule is COc1ccc(OCCOc2c(-c3ccccc3Cl)oc3cc(C)c(Cl)cc3c2=O)cc1. The highest BCUT2D eigenvalue weighted by atomic mass is 35.5. The van der Waals surface area contributed by atoms with E-state index in [1.165, 1.54) is 0 Å². The van der Waals surface area contributed by atoms with Crippen LogP contribution in [0.5, 0.6) is 17.2 Å². The molecule has 0 aliphatic carbocycles. The van der Waals surface area contributed by atoms with Crippen LogP contribution in [0.1, 0.15) is 5.56 Å². The zero-order valence-electron chi connectivity index (χ0n) is 17.5. The Morgan fingerprint density at radius 2 is 1.56 bits per heavy atom. The normalized spacial score (nSPS) is 10.9. The van der Waals surface area contributed by atoms with E-state index in [2.05, 4.69) is 0 Å². The number of aryl methyl sites for hydroxylation is 1. The Hall–Kier alpha value is -3.15. The number of benzene rings is 3. The number of fused-ring (bicyclic) bond motifs is 1. The van der Waals surface area contributed by atoms with E-state index in [1.54, 1.807) is 61.7 Å². The van der Waals surface area contributed by atoms with Gasteiger partial charge in [-0.1, -0.05) is 35.3 Å². The van der Waals surface area contributed by atoms with Crippen molar-refractivity contribution in [1.29, 1.82) is 0 Å². The van der Waals surface area contributed by atoms with Crippen molar-refractivity contribution >= 4 is 34.2 Å². The lowest BCUT2D eigenvalue weighted by Gasteiger charge is -2.14. The predicted molar refractivity (Wildman–Crippen MR) is 127 cm³/mol. The van der Waals surface area contributed by atoms with Gasteiger partial charge < -0.3 is 18.6 Å². The highest BCUT2D eigenvalue weighted by molar-refractivity contribution is 6.33. The van der Waals surface area contributed by atoms with Crippen LogP contribution in [-0.2, 0) is 0 Å². The van der Waals surface area contributed by atoms with Crippen LogP contribution in [0.15, 0.2) is 69.9 Å². The topological polar surface area (TPSA) is 57.9 Å². The molecule has 32 heavy (non-hydrogen) atoms. The summed E-state index contributed by atoms with van der Waals surface area (Å²) in [7, 11) is 1.60. The second-order valence-corrected chi connectivity index (χ2v) is 7.85. The van der Waals surface area contributed by atoms with Crippen LogP contribution in [0.3, 0.4) is 0 Å². The fraction of sp³-hybridized carbons (Fsp3) is 0.160. The van der Waals surface area contributed by atoms with Crippen molar-refractivity contribution in [3.8, 4) is 28.6 Å². The molecule has 0 spiro atoms. The molecule has 0 saturated carbocycles. The minimum atomic E-state index is -0.326. The third-order valence-electron chi connectivity index (χ3n) is 4.91. The molecule has 0 radical (unpaired) electrons. The quantitative estimate of drug-likeness (QED) is 0.287. The van der Waals surface area contributed by atoms with Crippen molar-refractivity contribution in [2.45, 2.75) is 6.92 Å². The highest BCUT2D eigenvalue weighted by Gasteiger charge is 2.20. The van der Waals surface area contributed by atoms with Crippen LogP contribution in [0.4, 0.5) is 0 Å². The van der Waals surface area contributed by atoms with Gasteiger partial charge in [0, 0.05) is 10.6 Å². The average Bonchev–Trinajstić information content (AvgIpc) is 2.80. The molecular weight excluding hydrogens is 451 g/mol. The molecule has 7 heteroatoms. The Morgan fingerprint density at radius 1 is 0.875 bits per heavy atom. The average molecular weight is 471 g/mol. The maximum atomic E-state index is 13.3. The zero-order valence-corrected chi connectivity index (χ0v) is 19.0. The number of hydrogen-bond donors (Lipinski definition) is 0. The van der Waals surface area contributed by atoms with E-state index in [9.17, 15) is 4.79 Å². The fourth-order valence-corrected chi connectivity index (χ4v) is 3.61. The predicted octanol–water partition coefficient (Wildman–Crippen LogP) is 6.54. The van der Waals surface area contributed by atoms with Gasteiger partial charge in [0.2, 0.25) is 11.2 Å². The molecule has 0 amide bonds. The first-order chi connectivity index (χ1) is 15.5. The van der Waals surface area contributed by atoms with Crippen molar-refractivity contribution < 1.29 is 18.6 Å². The van der Waals surface area contributed by atoms with Crippen molar-refractivity contribution in [2.24, 2.45) is 0 Å². The van der Waals surface area contributed by atoms with Gasteiger partial charge in [-0.25, -0.2) is 0 Å². The fourth-order valence-electron chi connectivity index (χ4n) is 3.23. The third-order valence-corrected chi connectivity index (χ3v) is 5.64. The molecule has 164 valence electrons. The first kappa shape index (κ1) is 22.1. The lowest BCUT2D eigenvalue weighted by Crippen LogP contribution is -2.15. The summed E-state index contributed by atoms with van der Waals surface area (Å²) in [5.74, 6) is 1.72. The molecule has 4 rings (SSSR count). The Labute approximate surface area is 195 Å². The number of methoxy groups -OCH3 is 1. The Bertz CT molecular complexity index is 1310. The Balaban J connectivity index is 1.66. The number of halogens is 2. The molecule has 4 aromatic rings. The summed E-state index contributed by atoms with van der Waals surface area (Å²) in [6, 6.07) is 17.6. The van der Waals surface area contributed by atoms with Crippen molar-refractivity contribution in [2.75, 3.05) is 20.3 Å². The Kier molecular flexibility index (Phi) is 6.58. The molecule has 0 N–H and O–H groups in total. The summed E-state index contributed by atoms with van der Waals surface area (Å²) in [4.78, 5) is 13.3. The maximum absolute atomic E-state index is 13.3. The molecule has 0 aliphatic rings. The van der Waals surface area contributed by atoms with Gasteiger partial charge in [0.15, 0.2) is 5.76 Å². The summed E-state index contributed by atoms with van der Waals surface area (Å²) in [6.07, 6.45) is 0. The lowest BCUT2D eigenvalue weighted by molar-refractivity contribution is 0.214. The number of hydrogen-bond acceptors (Lipinski definition) is 5. The third kappa shape index (κ3) is 4.54. The van der Waals surface area contributed by atoms with E-state index in [-0.39, 0.29) is 30.2 Å². The summed E-state index contributed by atoms with van der Waals surface area (Å²) < 4.78 is 22.8. The molecule has 1 aromatic heterocycles. The van der Waals surface area contributed by atoms with Gasteiger partial charge in [0.25, 0.3) is 0 Å². The molecule has 0 atom stereocenters. The minimum Gasteiger partial charge on any atom is -0.497 e. The van der Waals surface area contributed by atoms with Gasteiger partial charge in [-0.15, -0.1) is 0 Å². The molecular formula is C25H20Cl2O5. The molecule has 0 bridgehead atoms. The summed E-state index contributed by atoms with van der Waals surface area (Å²) in [5.41, 5.74) is 1.45. The van der Waals surface area contributed by atoms with E-state index in [4.69, 9.17) is 41.8 Å². The second kappa shape index (κ2) is 9.55. The van der Waals surface area contributed by atoms with E-state index in [1.807, 2.05) is 13.0 Å². The zero-order chi connectivity index (χ0) is 22.7. The molecule has 1 heterocycles.